The Morgan fingerprint density at radius 1 is 1.46 bits per heavy atom. The lowest BCUT2D eigenvalue weighted by Gasteiger charge is -2.30. The number of hydrogen-bond acceptors (Lipinski definition) is 2. The Morgan fingerprint density at radius 2 is 2.08 bits per heavy atom. The van der Waals surface area contributed by atoms with Gasteiger partial charge in [-0.3, -0.25) is 0 Å². The summed E-state index contributed by atoms with van der Waals surface area (Å²) in [4.78, 5) is 12.1. The number of nitrogens with zero attached hydrogens (tertiary/aromatic N) is 1. The number of aliphatic hydroxyl groups is 1. The lowest BCUT2D eigenvalue weighted by atomic mass is 9.91. The van der Waals surface area contributed by atoms with E-state index in [1.165, 1.54) is 4.90 Å². The fourth-order valence-electron chi connectivity index (χ4n) is 2.45. The molecule has 0 bridgehead atoms. The third kappa shape index (κ3) is 1.39. The molecular formula is C9H15NO3. The molecule has 2 fully saturated rings. The van der Waals surface area contributed by atoms with Crippen LogP contribution in [0.3, 0.4) is 0 Å². The van der Waals surface area contributed by atoms with Crippen LogP contribution in [0, 0.1) is 11.3 Å². The molecule has 1 heterocycles. The molecule has 2 N–H and O–H groups in total. The minimum absolute atomic E-state index is 0.271. The van der Waals surface area contributed by atoms with Crippen molar-refractivity contribution < 1.29 is 15.0 Å². The van der Waals surface area contributed by atoms with E-state index in [1.807, 2.05) is 0 Å². The highest BCUT2D eigenvalue weighted by Gasteiger charge is 2.54. The highest BCUT2D eigenvalue weighted by molar-refractivity contribution is 5.65. The second-order valence-corrected chi connectivity index (χ2v) is 4.22. The van der Waals surface area contributed by atoms with E-state index in [4.69, 9.17) is 10.2 Å². The Hall–Kier alpha value is -0.770. The van der Waals surface area contributed by atoms with Gasteiger partial charge in [0.1, 0.15) is 0 Å². The second kappa shape index (κ2) is 2.87. The third-order valence-electron chi connectivity index (χ3n) is 3.61. The number of carbonyl (C=O) groups is 1. The van der Waals surface area contributed by atoms with E-state index in [1.54, 1.807) is 0 Å². The van der Waals surface area contributed by atoms with Crippen molar-refractivity contribution in [2.24, 2.45) is 11.3 Å². The molecule has 4 nitrogen and oxygen atoms in total. The number of rotatable bonds is 1. The molecular weight excluding hydrogens is 170 g/mol. The van der Waals surface area contributed by atoms with E-state index >= 15 is 0 Å². The number of hydrogen-bond donors (Lipinski definition) is 2. The lowest BCUT2D eigenvalue weighted by molar-refractivity contribution is 0.113. The first-order valence-corrected chi connectivity index (χ1v) is 4.77. The van der Waals surface area contributed by atoms with Gasteiger partial charge in [0.25, 0.3) is 0 Å². The number of aliphatic hydroxyl groups excluding tert-OH is 1. The maximum atomic E-state index is 10.6. The molecule has 13 heavy (non-hydrogen) atoms. The van der Waals surface area contributed by atoms with E-state index in [0.29, 0.717) is 24.4 Å². The fourth-order valence-corrected chi connectivity index (χ4v) is 2.45. The van der Waals surface area contributed by atoms with Gasteiger partial charge >= 0.3 is 6.09 Å². The predicted molar refractivity (Wildman–Crippen MR) is 46.5 cm³/mol. The fraction of sp³-hybridized carbons (Fsp3) is 0.889. The van der Waals surface area contributed by atoms with Gasteiger partial charge in [-0.2, -0.15) is 0 Å². The summed E-state index contributed by atoms with van der Waals surface area (Å²) in [6.45, 7) is 1.56. The minimum Gasteiger partial charge on any atom is -0.465 e. The normalized spacial score (nSPS) is 30.5. The summed E-state index contributed by atoms with van der Waals surface area (Å²) in [6.07, 6.45) is 2.16. The van der Waals surface area contributed by atoms with Gasteiger partial charge in [0, 0.05) is 19.7 Å². The van der Waals surface area contributed by atoms with Crippen LogP contribution in [0.25, 0.3) is 0 Å². The topological polar surface area (TPSA) is 60.8 Å². The maximum absolute atomic E-state index is 10.6. The molecule has 0 aromatic carbocycles. The van der Waals surface area contributed by atoms with Crippen LogP contribution >= 0.6 is 0 Å². The van der Waals surface area contributed by atoms with Crippen molar-refractivity contribution in [1.82, 2.24) is 4.90 Å². The summed E-state index contributed by atoms with van der Waals surface area (Å²) < 4.78 is 0. The molecule has 1 aliphatic carbocycles. The van der Waals surface area contributed by atoms with Gasteiger partial charge < -0.3 is 15.1 Å². The highest BCUT2D eigenvalue weighted by Crippen LogP contribution is 2.58. The Bertz CT molecular complexity index is 221. The van der Waals surface area contributed by atoms with Crippen molar-refractivity contribution in [2.45, 2.75) is 19.3 Å². The smallest absolute Gasteiger partial charge is 0.407 e. The van der Waals surface area contributed by atoms with Crippen molar-refractivity contribution in [2.75, 3.05) is 19.7 Å². The van der Waals surface area contributed by atoms with Gasteiger partial charge in [-0.05, 0) is 30.6 Å². The first kappa shape index (κ1) is 8.81. The zero-order chi connectivity index (χ0) is 9.47. The Morgan fingerprint density at radius 3 is 2.46 bits per heavy atom. The number of piperidine rings is 1. The third-order valence-corrected chi connectivity index (χ3v) is 3.61. The van der Waals surface area contributed by atoms with Gasteiger partial charge in [0.15, 0.2) is 0 Å². The molecule has 2 aliphatic rings. The zero-order valence-electron chi connectivity index (χ0n) is 7.57. The quantitative estimate of drug-likeness (QED) is 0.634. The van der Waals surface area contributed by atoms with Crippen molar-refractivity contribution >= 4 is 6.09 Å². The Balaban J connectivity index is 1.87. The molecule has 1 aliphatic heterocycles. The molecule has 0 radical (unpaired) electrons. The van der Waals surface area contributed by atoms with Gasteiger partial charge in [-0.1, -0.05) is 0 Å². The molecule has 1 saturated heterocycles. The van der Waals surface area contributed by atoms with E-state index in [0.717, 1.165) is 19.3 Å². The van der Waals surface area contributed by atoms with Crippen molar-refractivity contribution in [3.8, 4) is 0 Å². The summed E-state index contributed by atoms with van der Waals surface area (Å²) in [6, 6.07) is 0. The van der Waals surface area contributed by atoms with E-state index in [-0.39, 0.29) is 6.61 Å². The Labute approximate surface area is 77.2 Å². The van der Waals surface area contributed by atoms with Gasteiger partial charge in [-0.15, -0.1) is 0 Å². The molecule has 0 aromatic rings. The van der Waals surface area contributed by atoms with Gasteiger partial charge in [0.2, 0.25) is 0 Å². The van der Waals surface area contributed by atoms with Crippen molar-refractivity contribution in [3.05, 3.63) is 0 Å². The van der Waals surface area contributed by atoms with Gasteiger partial charge in [-0.25, -0.2) is 4.79 Å². The molecule has 0 aromatic heterocycles. The van der Waals surface area contributed by atoms with Crippen molar-refractivity contribution in [3.63, 3.8) is 0 Å². The monoisotopic (exact) mass is 185 g/mol. The van der Waals surface area contributed by atoms with E-state index in [9.17, 15) is 4.79 Å². The van der Waals surface area contributed by atoms with Gasteiger partial charge in [0.05, 0.1) is 0 Å². The number of carboxylic acid groups (broad SMARTS) is 1. The predicted octanol–water partition coefficient (Wildman–Crippen LogP) is 0.759. The average Bonchev–Trinajstić information content (AvgIpc) is 2.80. The molecule has 1 saturated carbocycles. The highest BCUT2D eigenvalue weighted by atomic mass is 16.4. The molecule has 1 atom stereocenters. The van der Waals surface area contributed by atoms with Crippen LogP contribution in [-0.2, 0) is 0 Å². The standard InChI is InChI=1S/C9H15NO3/c11-6-7-5-9(7)1-3-10(4-2-9)8(12)13/h7,11H,1-6H2,(H,12,13)/t7-/m1/s1. The molecule has 4 heteroatoms. The van der Waals surface area contributed by atoms with Crippen LogP contribution in [0.4, 0.5) is 4.79 Å². The molecule has 74 valence electrons. The zero-order valence-corrected chi connectivity index (χ0v) is 7.57. The van der Waals surface area contributed by atoms with Crippen LogP contribution in [0.1, 0.15) is 19.3 Å². The summed E-state index contributed by atoms with van der Waals surface area (Å²) in [7, 11) is 0. The second-order valence-electron chi connectivity index (χ2n) is 4.22. The van der Waals surface area contributed by atoms with Crippen LogP contribution in [0.2, 0.25) is 0 Å². The lowest BCUT2D eigenvalue weighted by Crippen LogP contribution is -2.38. The van der Waals surface area contributed by atoms with Crippen molar-refractivity contribution in [1.29, 1.82) is 0 Å². The molecule has 1 amide bonds. The van der Waals surface area contributed by atoms with E-state index < -0.39 is 6.09 Å². The summed E-state index contributed by atoms with van der Waals surface area (Å²) in [5.74, 6) is 0.448. The SMILES string of the molecule is O=C(O)N1CCC2(CC1)C[C@@H]2CO. The first-order chi connectivity index (χ1) is 6.18. The van der Waals surface area contributed by atoms with Crippen LogP contribution in [-0.4, -0.2) is 40.9 Å². The summed E-state index contributed by atoms with van der Waals surface area (Å²) in [5.41, 5.74) is 0.306. The maximum Gasteiger partial charge on any atom is 0.407 e. The average molecular weight is 185 g/mol. The number of likely N-dealkylation sites (tertiary alicyclic amines) is 1. The molecule has 2 rings (SSSR count). The van der Waals surface area contributed by atoms with Crippen LogP contribution in [0.5, 0.6) is 0 Å². The van der Waals surface area contributed by atoms with Crippen LogP contribution in [0.15, 0.2) is 0 Å². The van der Waals surface area contributed by atoms with E-state index in [2.05, 4.69) is 0 Å². The minimum atomic E-state index is -0.809. The number of amides is 1. The molecule has 0 unspecified atom stereocenters. The summed E-state index contributed by atoms with van der Waals surface area (Å²) >= 11 is 0. The first-order valence-electron chi connectivity index (χ1n) is 4.77. The molecule has 1 spiro atoms. The summed E-state index contributed by atoms with van der Waals surface area (Å²) in [5, 5.41) is 17.7. The Kier molecular flexibility index (Phi) is 1.95. The van der Waals surface area contributed by atoms with Crippen LogP contribution < -0.4 is 0 Å². The largest absolute Gasteiger partial charge is 0.465 e.